The van der Waals surface area contributed by atoms with Gasteiger partial charge >= 0.3 is 6.18 Å². The zero-order chi connectivity index (χ0) is 14.2. The van der Waals surface area contributed by atoms with Gasteiger partial charge in [0.15, 0.2) is 0 Å². The summed E-state index contributed by atoms with van der Waals surface area (Å²) in [7, 11) is 0. The molecule has 0 radical (unpaired) electrons. The molecule has 2 aromatic rings. The normalized spacial score (nSPS) is 12.6. The summed E-state index contributed by atoms with van der Waals surface area (Å²) in [6.07, 6.45) is -3.01. The van der Waals surface area contributed by atoms with E-state index in [0.29, 0.717) is 23.4 Å². The summed E-state index contributed by atoms with van der Waals surface area (Å²) in [5.74, 6) is 0.317. The molecule has 0 aliphatic heterocycles. The van der Waals surface area contributed by atoms with Crippen molar-refractivity contribution in [3.05, 3.63) is 29.5 Å². The van der Waals surface area contributed by atoms with Crippen molar-refractivity contribution in [1.82, 2.24) is 9.78 Å². The Kier molecular flexibility index (Phi) is 3.54. The highest BCUT2D eigenvalue weighted by atomic mass is 19.4. The summed E-state index contributed by atoms with van der Waals surface area (Å²) < 4.78 is 39.9. The molecule has 104 valence electrons. The van der Waals surface area contributed by atoms with Crippen LogP contribution in [0.15, 0.2) is 18.3 Å². The van der Waals surface area contributed by atoms with Gasteiger partial charge in [-0.2, -0.15) is 18.3 Å². The Balaban J connectivity index is 2.62. The second-order valence-corrected chi connectivity index (χ2v) is 4.95. The van der Waals surface area contributed by atoms with Gasteiger partial charge in [0.25, 0.3) is 0 Å². The van der Waals surface area contributed by atoms with Crippen molar-refractivity contribution < 1.29 is 18.3 Å². The lowest BCUT2D eigenvalue weighted by Gasteiger charge is -2.12. The van der Waals surface area contributed by atoms with E-state index in [1.54, 1.807) is 4.68 Å². The molecule has 0 saturated carbocycles. The van der Waals surface area contributed by atoms with Crippen LogP contribution in [0.3, 0.4) is 0 Å². The van der Waals surface area contributed by atoms with Gasteiger partial charge in [0, 0.05) is 17.5 Å². The van der Waals surface area contributed by atoms with E-state index in [2.05, 4.69) is 5.10 Å². The van der Waals surface area contributed by atoms with E-state index < -0.39 is 18.3 Å². The van der Waals surface area contributed by atoms with E-state index in [0.717, 1.165) is 12.1 Å². The van der Waals surface area contributed by atoms with Gasteiger partial charge in [0.2, 0.25) is 0 Å². The lowest BCUT2D eigenvalue weighted by molar-refractivity contribution is -0.137. The van der Waals surface area contributed by atoms with Crippen LogP contribution in [-0.4, -0.2) is 14.9 Å². The second-order valence-electron chi connectivity index (χ2n) is 4.95. The fraction of sp³-hybridized carbons (Fsp3) is 0.462. The first-order chi connectivity index (χ1) is 8.82. The van der Waals surface area contributed by atoms with Gasteiger partial charge in [-0.25, -0.2) is 0 Å². The second kappa shape index (κ2) is 4.85. The highest BCUT2D eigenvalue weighted by Gasteiger charge is 2.31. The largest absolute Gasteiger partial charge is 0.416 e. The molecule has 1 heterocycles. The summed E-state index contributed by atoms with van der Waals surface area (Å²) in [4.78, 5) is 0. The SMILES string of the molecule is CC(C)Cn1ncc2cc(C(F)(F)F)cc(CO)c21. The molecule has 0 saturated heterocycles. The Labute approximate surface area is 108 Å². The number of halogens is 3. The fourth-order valence-corrected chi connectivity index (χ4v) is 2.09. The summed E-state index contributed by atoms with van der Waals surface area (Å²) in [5, 5.41) is 13.8. The zero-order valence-corrected chi connectivity index (χ0v) is 10.7. The van der Waals surface area contributed by atoms with Crippen molar-refractivity contribution in [2.75, 3.05) is 0 Å². The Morgan fingerprint density at radius 1 is 1.32 bits per heavy atom. The number of fused-ring (bicyclic) bond motifs is 1. The van der Waals surface area contributed by atoms with E-state index >= 15 is 0 Å². The van der Waals surface area contributed by atoms with E-state index in [-0.39, 0.29) is 5.56 Å². The lowest BCUT2D eigenvalue weighted by Crippen LogP contribution is -2.09. The van der Waals surface area contributed by atoms with Crippen LogP contribution < -0.4 is 0 Å². The van der Waals surface area contributed by atoms with Crippen LogP contribution in [0.25, 0.3) is 10.9 Å². The van der Waals surface area contributed by atoms with Crippen molar-refractivity contribution in [1.29, 1.82) is 0 Å². The number of aliphatic hydroxyl groups excluding tert-OH is 1. The predicted octanol–water partition coefficient (Wildman–Crippen LogP) is 3.20. The van der Waals surface area contributed by atoms with Crippen molar-refractivity contribution in [2.24, 2.45) is 5.92 Å². The molecule has 0 bridgehead atoms. The molecular formula is C13H15F3N2O. The minimum atomic E-state index is -4.42. The number of hydrogen-bond donors (Lipinski definition) is 1. The maximum atomic E-state index is 12.7. The van der Waals surface area contributed by atoms with E-state index in [1.165, 1.54) is 6.20 Å². The number of aliphatic hydroxyl groups is 1. The van der Waals surface area contributed by atoms with Crippen LogP contribution in [0.2, 0.25) is 0 Å². The number of nitrogens with zero attached hydrogens (tertiary/aromatic N) is 2. The molecule has 1 N–H and O–H groups in total. The Hall–Kier alpha value is -1.56. The molecule has 0 aliphatic carbocycles. The highest BCUT2D eigenvalue weighted by molar-refractivity contribution is 5.83. The van der Waals surface area contributed by atoms with Crippen molar-refractivity contribution in [3.63, 3.8) is 0 Å². The first-order valence-corrected chi connectivity index (χ1v) is 5.99. The average Bonchev–Trinajstić information content (AvgIpc) is 2.69. The van der Waals surface area contributed by atoms with Crippen LogP contribution in [0, 0.1) is 5.92 Å². The molecule has 19 heavy (non-hydrogen) atoms. The van der Waals surface area contributed by atoms with Gasteiger partial charge < -0.3 is 5.11 Å². The quantitative estimate of drug-likeness (QED) is 0.931. The van der Waals surface area contributed by atoms with Gasteiger partial charge in [-0.15, -0.1) is 0 Å². The molecule has 0 amide bonds. The van der Waals surface area contributed by atoms with Gasteiger partial charge in [-0.1, -0.05) is 13.8 Å². The smallest absolute Gasteiger partial charge is 0.392 e. The lowest BCUT2D eigenvalue weighted by atomic mass is 10.1. The van der Waals surface area contributed by atoms with Gasteiger partial charge in [0.1, 0.15) is 0 Å². The molecule has 0 atom stereocenters. The maximum Gasteiger partial charge on any atom is 0.416 e. The molecule has 1 aromatic heterocycles. The molecule has 0 aliphatic rings. The van der Waals surface area contributed by atoms with Crippen LogP contribution in [-0.2, 0) is 19.3 Å². The average molecular weight is 272 g/mol. The Morgan fingerprint density at radius 2 is 2.00 bits per heavy atom. The first-order valence-electron chi connectivity index (χ1n) is 5.99. The number of rotatable bonds is 3. The highest BCUT2D eigenvalue weighted by Crippen LogP contribution is 2.33. The molecule has 0 fully saturated rings. The van der Waals surface area contributed by atoms with E-state index in [9.17, 15) is 18.3 Å². The third-order valence-electron chi connectivity index (χ3n) is 2.85. The molecule has 0 spiro atoms. The predicted molar refractivity (Wildman–Crippen MR) is 65.5 cm³/mol. The van der Waals surface area contributed by atoms with Gasteiger partial charge in [-0.3, -0.25) is 4.68 Å². The molecule has 3 nitrogen and oxygen atoms in total. The van der Waals surface area contributed by atoms with E-state index in [4.69, 9.17) is 0 Å². The fourth-order valence-electron chi connectivity index (χ4n) is 2.09. The van der Waals surface area contributed by atoms with Crippen LogP contribution in [0.5, 0.6) is 0 Å². The third kappa shape index (κ3) is 2.73. The van der Waals surface area contributed by atoms with Crippen molar-refractivity contribution in [3.8, 4) is 0 Å². The summed E-state index contributed by atoms with van der Waals surface area (Å²) in [6.45, 7) is 4.15. The number of benzene rings is 1. The standard InChI is InChI=1S/C13H15F3N2O/c1-8(2)6-18-12-9(5-17-18)3-11(13(14,15)16)4-10(12)7-19/h3-5,8,19H,6-7H2,1-2H3. The number of aromatic nitrogens is 2. The summed E-state index contributed by atoms with van der Waals surface area (Å²) >= 11 is 0. The molecule has 2 rings (SSSR count). The van der Waals surface area contributed by atoms with Crippen LogP contribution in [0.4, 0.5) is 13.2 Å². The third-order valence-corrected chi connectivity index (χ3v) is 2.85. The number of hydrogen-bond acceptors (Lipinski definition) is 2. The molecular weight excluding hydrogens is 257 g/mol. The molecule has 1 aromatic carbocycles. The first kappa shape index (κ1) is 13.9. The van der Waals surface area contributed by atoms with Crippen LogP contribution >= 0.6 is 0 Å². The van der Waals surface area contributed by atoms with E-state index in [1.807, 2.05) is 13.8 Å². The minimum absolute atomic E-state index is 0.253. The zero-order valence-electron chi connectivity index (χ0n) is 10.7. The van der Waals surface area contributed by atoms with Gasteiger partial charge in [0.05, 0.1) is 23.9 Å². The summed E-state index contributed by atoms with van der Waals surface area (Å²) in [6, 6.07) is 2.05. The molecule has 6 heteroatoms. The summed E-state index contributed by atoms with van der Waals surface area (Å²) in [5.41, 5.74) is 0.0697. The van der Waals surface area contributed by atoms with Crippen LogP contribution in [0.1, 0.15) is 25.0 Å². The Bertz CT molecular complexity index is 587. The molecule has 0 unspecified atom stereocenters. The topological polar surface area (TPSA) is 38.0 Å². The van der Waals surface area contributed by atoms with Crippen molar-refractivity contribution >= 4 is 10.9 Å². The van der Waals surface area contributed by atoms with Crippen molar-refractivity contribution in [2.45, 2.75) is 33.2 Å². The Morgan fingerprint density at radius 3 is 2.53 bits per heavy atom. The minimum Gasteiger partial charge on any atom is -0.392 e. The maximum absolute atomic E-state index is 12.7. The number of alkyl halides is 3. The monoisotopic (exact) mass is 272 g/mol. The van der Waals surface area contributed by atoms with Gasteiger partial charge in [-0.05, 0) is 18.1 Å².